The number of rotatable bonds is 16. The molecule has 8 bridgehead atoms. The first-order valence-electron chi connectivity index (χ1n) is 42.0. The Kier molecular flexibility index (Phi) is 51.7. The molecule has 0 atom stereocenters. The van der Waals surface area contributed by atoms with Crippen molar-refractivity contribution in [2.45, 2.75) is 121 Å². The number of carbonyl (C=O) groups is 1. The van der Waals surface area contributed by atoms with Crippen molar-refractivity contribution in [3.63, 3.8) is 0 Å². The van der Waals surface area contributed by atoms with Gasteiger partial charge in [-0.05, 0) is 164 Å². The third kappa shape index (κ3) is 33.9. The molecule has 0 fully saturated rings. The molecule has 5 radical (unpaired) electrons. The van der Waals surface area contributed by atoms with Crippen molar-refractivity contribution in [1.82, 2.24) is 49.8 Å². The van der Waals surface area contributed by atoms with E-state index in [0.29, 0.717) is 17.1 Å². The van der Waals surface area contributed by atoms with E-state index in [1.54, 1.807) is 117 Å². The van der Waals surface area contributed by atoms with E-state index in [9.17, 15) is 39.9 Å². The Labute approximate surface area is 865 Å². The first-order chi connectivity index (χ1) is 62.5. The van der Waals surface area contributed by atoms with Gasteiger partial charge in [-0.2, -0.15) is 0 Å². The molecule has 0 amide bonds. The molecule has 711 valence electrons. The number of allylic oxidation sites excluding steroid dienone is 6. The molecule has 15 aromatic rings. The minimum Gasteiger partial charge on any atom is -0.657 e. The zero-order valence-corrected chi connectivity index (χ0v) is 89.6. The predicted molar refractivity (Wildman–Crippen MR) is 496 cm³/mol. The van der Waals surface area contributed by atoms with Gasteiger partial charge in [0.15, 0.2) is 5.78 Å². The first kappa shape index (κ1) is 117. The second-order valence-electron chi connectivity index (χ2n) is 28.6. The van der Waals surface area contributed by atoms with Crippen LogP contribution in [0.4, 0.5) is 35.1 Å². The number of nitrogens with zero attached hydrogens (tertiary/aromatic N) is 10. The minimum atomic E-state index is -0.649. The smallest absolute Gasteiger partial charge is 0.657 e. The molecule has 27 heteroatoms. The summed E-state index contributed by atoms with van der Waals surface area (Å²) in [5.41, 5.74) is 26.7. The number of ketones is 1. The number of aryl methyl sites for hydroxylation is 4. The van der Waals surface area contributed by atoms with Gasteiger partial charge < -0.3 is 49.7 Å². The van der Waals surface area contributed by atoms with Gasteiger partial charge >= 0.3 is 21.1 Å². The molecule has 0 saturated heterocycles. The van der Waals surface area contributed by atoms with Gasteiger partial charge in [0, 0.05) is 190 Å². The molecule has 0 unspecified atom stereocenters. The molecule has 17 rings (SSSR count). The number of aliphatic hydroxyl groups is 1. The summed E-state index contributed by atoms with van der Waals surface area (Å²) in [7, 11) is 1.59. The van der Waals surface area contributed by atoms with Gasteiger partial charge in [0.1, 0.15) is 5.75 Å². The first-order valence-corrected chi connectivity index (χ1v) is 42.0. The molecular weight excluding hydrogens is 2790 g/mol. The number of carbonyl (C=O) groups excluding carboxylic acids is 1. The van der Waals surface area contributed by atoms with E-state index in [2.05, 4.69) is 146 Å². The van der Waals surface area contributed by atoms with Crippen LogP contribution in [0.3, 0.4) is 0 Å². The fourth-order valence-corrected chi connectivity index (χ4v) is 14.0. The number of hydrogen-bond acceptors (Lipinski definition) is 11. The average Bonchev–Trinajstić information content (AvgIpc) is 1.61. The SMILES string of the molecule is CC(=O)C=C(C)O.CCC1=C(CC)c2cc3[n-]c(cc4nc(cc5[n-]c(cc1n2)c(CC)c5CC)C(CC)=C4CC)c(CC)c3CC.COc1ccnc(-c2[c-]cc(F)cc2)c1.Fc1c[c-]c(-c2ccccn2)c(F)c1.Fc1c[c-]c(-c2ccccn2)c(F)c1.Fc1c[c-]c(-c2ccccn2)cc1.Fc1c[c-]c(-c2ccccn2)cc1.Fc1c[c-]c(-c2ccccn2)cc1.[Ir].[Ir].[Ir].[Ir].[Ir].[Pt+2]. The summed E-state index contributed by atoms with van der Waals surface area (Å²) in [6.07, 6.45) is 18.6. The van der Waals surface area contributed by atoms with E-state index < -0.39 is 23.3 Å². The van der Waals surface area contributed by atoms with Gasteiger partial charge in [0.25, 0.3) is 0 Å². The van der Waals surface area contributed by atoms with E-state index >= 15 is 0 Å². The van der Waals surface area contributed by atoms with E-state index in [-0.39, 0.29) is 168 Å². The van der Waals surface area contributed by atoms with Crippen LogP contribution >= 0.6 is 0 Å². The number of pyridine rings is 6. The Balaban J connectivity index is 0.000000341. The summed E-state index contributed by atoms with van der Waals surface area (Å²) in [6.45, 7) is 20.8. The monoisotopic (exact) mass is 2890 g/mol. The number of methoxy groups -OCH3 is 1. The molecule has 2 aliphatic heterocycles. The summed E-state index contributed by atoms with van der Waals surface area (Å²) in [5, 5.41) is 8.36. The third-order valence-electron chi connectivity index (χ3n) is 20.0. The van der Waals surface area contributed by atoms with Gasteiger partial charge in [0.05, 0.1) is 35.6 Å². The van der Waals surface area contributed by atoms with Crippen LogP contribution in [-0.2, 0) is 152 Å². The molecule has 2 aliphatic rings. The predicted octanol–water partition coefficient (Wildman–Crippen LogP) is 26.7. The van der Waals surface area contributed by atoms with Crippen LogP contribution in [0, 0.1) is 82.9 Å². The van der Waals surface area contributed by atoms with Crippen LogP contribution in [0.1, 0.15) is 140 Å². The Morgan fingerprint density at radius 3 is 0.807 bits per heavy atom. The van der Waals surface area contributed by atoms with Crippen molar-refractivity contribution in [2.24, 2.45) is 0 Å². The number of aliphatic hydroxyl groups excluding tert-OH is 1. The van der Waals surface area contributed by atoms with E-state index in [1.165, 1.54) is 113 Å². The van der Waals surface area contributed by atoms with E-state index in [0.717, 1.165) is 166 Å². The number of hydrogen-bond donors (Lipinski definition) is 1. The largest absolute Gasteiger partial charge is 2.00 e. The Morgan fingerprint density at radius 1 is 0.326 bits per heavy atom. The molecule has 6 aromatic carbocycles. The second kappa shape index (κ2) is 59.9. The van der Waals surface area contributed by atoms with Crippen molar-refractivity contribution >= 4 is 50.1 Å². The molecule has 135 heavy (non-hydrogen) atoms. The number of benzene rings is 6. The standard InChI is InChI=1S/C36H44N4.C12H9FNO.2C11H6F2N.3C11H7FN.C5H8O2.5Ir.Pt/c1-9-21-22(10-2)30-18-32-25(13-5)26(14-6)34(39-32)20-36-28(16-8)27(15-7)35(40-36)19-33-24(12-4)23(11-3)31(38-33)17-29(21)37-30;1-15-11-6-7-14-12(8-11)9-2-4-10(13)5-3-9;2*12-8-4-5-9(10(13)7-8)11-3-1-2-6-14-11;3*12-10-6-4-9(5-7-10)11-3-1-2-8-13-11;1-4(6)3-5(2)7;;;;;;/h17-20H,9-16H2,1-8H3;2,4-8H,1H3;2*1-4,6-7H;3*1-4,6-8H;3,6H,1-2H3;;;;;;/q-2;6*-1;;;;;;;+2. The maximum Gasteiger partial charge on any atom is 2.00 e. The van der Waals surface area contributed by atoms with Crippen LogP contribution in [0.15, 0.2) is 273 Å². The van der Waals surface area contributed by atoms with Gasteiger partial charge in [-0.15, -0.1) is 166 Å². The van der Waals surface area contributed by atoms with E-state index in [4.69, 9.17) is 29.8 Å². The number of fused-ring (bicyclic) bond motifs is 8. The number of ether oxygens (including phenoxy) is 1. The van der Waals surface area contributed by atoms with Gasteiger partial charge in [-0.1, -0.05) is 186 Å². The topological polar surface area (TPSA) is 178 Å². The minimum absolute atomic E-state index is 0. The fourth-order valence-electron chi connectivity index (χ4n) is 14.0. The summed E-state index contributed by atoms with van der Waals surface area (Å²) in [4.78, 5) is 55.4. The summed E-state index contributed by atoms with van der Waals surface area (Å²) < 4.78 is 107. The molecule has 9 aromatic heterocycles. The average molecular weight is 2890 g/mol. The molecule has 0 saturated carbocycles. The molecule has 1 N–H and O–H groups in total. The van der Waals surface area contributed by atoms with Crippen molar-refractivity contribution in [2.75, 3.05) is 7.11 Å². The van der Waals surface area contributed by atoms with Crippen molar-refractivity contribution in [1.29, 1.82) is 0 Å². The van der Waals surface area contributed by atoms with Crippen LogP contribution in [0.5, 0.6) is 5.75 Å². The van der Waals surface area contributed by atoms with E-state index in [1.807, 2.05) is 54.6 Å². The van der Waals surface area contributed by atoms with Crippen LogP contribution < -0.4 is 14.7 Å². The molecule has 0 aliphatic carbocycles. The zero-order chi connectivity index (χ0) is 92.3. The third-order valence-corrected chi connectivity index (χ3v) is 20.0. The number of halogens is 8. The van der Waals surface area contributed by atoms with Crippen molar-refractivity contribution in [3.8, 4) is 73.3 Å². The normalized spacial score (nSPS) is 10.7. The van der Waals surface area contributed by atoms with Crippen molar-refractivity contribution < 1.29 is 171 Å². The quantitative estimate of drug-likeness (QED) is 0.0419. The van der Waals surface area contributed by atoms with Gasteiger partial charge in [0.2, 0.25) is 0 Å². The summed E-state index contributed by atoms with van der Waals surface area (Å²) in [5.74, 6) is -3.05. The van der Waals surface area contributed by atoms with Gasteiger partial charge in [-0.25, -0.2) is 9.97 Å². The number of aromatic nitrogens is 10. The maximum atomic E-state index is 13.2. The Hall–Kier alpha value is -10.8. The molecule has 0 spiro atoms. The second-order valence-corrected chi connectivity index (χ2v) is 28.6. The van der Waals surface area contributed by atoms with Crippen LogP contribution in [0.2, 0.25) is 0 Å². The molecule has 11 heterocycles. The van der Waals surface area contributed by atoms with Crippen molar-refractivity contribution in [3.05, 3.63) is 401 Å². The summed E-state index contributed by atoms with van der Waals surface area (Å²) >= 11 is 0. The molecular formula is C108H94F8Ir5N10O3Pt-6. The van der Waals surface area contributed by atoms with Crippen LogP contribution in [-0.4, -0.2) is 57.9 Å². The fraction of sp³-hybridized carbons (Fsp3) is 0.176. The zero-order valence-electron chi connectivity index (χ0n) is 75.3. The maximum absolute atomic E-state index is 13.2. The Bertz CT molecular complexity index is 5960. The Morgan fingerprint density at radius 2 is 0.593 bits per heavy atom. The summed E-state index contributed by atoms with van der Waals surface area (Å²) in [6, 6.07) is 77.0. The van der Waals surface area contributed by atoms with Gasteiger partial charge in [-0.3, -0.25) is 39.9 Å². The van der Waals surface area contributed by atoms with Crippen LogP contribution in [0.25, 0.3) is 112 Å². The molecule has 13 nitrogen and oxygen atoms in total.